The van der Waals surface area contributed by atoms with Crippen molar-refractivity contribution in [2.75, 3.05) is 25.5 Å². The third kappa shape index (κ3) is 23.2. The lowest BCUT2D eigenvalue weighted by Crippen LogP contribution is -2.66. The van der Waals surface area contributed by atoms with Crippen molar-refractivity contribution < 1.29 is 76.6 Å². The van der Waals surface area contributed by atoms with Gasteiger partial charge in [-0.05, 0) is 174 Å². The summed E-state index contributed by atoms with van der Waals surface area (Å²) in [7, 11) is 0. The second kappa shape index (κ2) is 42.3. The molecule has 686 valence electrons. The molecule has 0 aliphatic heterocycles. The number of hydrogen-bond acceptors (Lipinski definition) is 19. The summed E-state index contributed by atoms with van der Waals surface area (Å²) >= 11 is 14.0. The Hall–Kier alpha value is -11.6. The van der Waals surface area contributed by atoms with Gasteiger partial charge in [-0.1, -0.05) is 220 Å². The highest BCUT2D eigenvalue weighted by atomic mass is 32.4. The maximum absolute atomic E-state index is 16.6. The number of aromatic amines is 1. The molecule has 4 aliphatic rings. The van der Waals surface area contributed by atoms with Crippen LogP contribution in [0.15, 0.2) is 170 Å². The van der Waals surface area contributed by atoms with Gasteiger partial charge in [-0.25, -0.2) is 24.4 Å². The van der Waals surface area contributed by atoms with Crippen LogP contribution in [0, 0.1) is 0 Å². The quantitative estimate of drug-likeness (QED) is 0.0163. The minimum Gasteiger partial charge on any atom is -0.448 e. The van der Waals surface area contributed by atoms with Gasteiger partial charge in [0.15, 0.2) is 0 Å². The zero-order valence-electron chi connectivity index (χ0n) is 74.9. The minimum absolute atomic E-state index is 0.0993. The van der Waals surface area contributed by atoms with Crippen LogP contribution in [0.5, 0.6) is 0 Å². The number of ether oxygens (including phenoxy) is 2. The van der Waals surface area contributed by atoms with Crippen molar-refractivity contribution in [2.24, 2.45) is 5.73 Å². The first-order chi connectivity index (χ1) is 61.2. The number of imide groups is 2. The molecule has 7 aromatic rings. The number of benzene rings is 6. The van der Waals surface area contributed by atoms with Crippen LogP contribution < -0.4 is 64.2 Å². The highest BCUT2D eigenvalue weighted by molar-refractivity contribution is 8.22. The Morgan fingerprint density at radius 2 is 0.822 bits per heavy atom. The standard InChI is InChI=1S/C95H118N14O16P2S2/c1-56(80(96)111)102-88(119)93(7,8)106-82(113)59(4)101-85(116)79(54-127(129,65-37-21-15-22-38-65)66-39-23-16-24-40-66)109(92(123)125-52-76-73-47-31-27-43-69(73)70-44-28-32-48-74(70)76)90(121)95(11,12)107-83(114)58(3)100-84(115)77(49-62-50-97-55-98-62)104-86(117)78(53-126(128,63-33-17-13-18-34-63)64-35-19-14-20-36-64)108(87(118)60(5)103-89(120)94(9,10)105-81(112)57(2)99-61(6)110)91(122)124-51-75-71-45-29-25-41-67(71)68-42-26-30-46-72(68)75/h15-16,21-32,37-48,50,55-60,63-64,75-79H,13-14,17-20,33-36,49,51-54H2,1-12H3,(H2,96,111)(H,97,98)(H,99,110)(H,100,115)(H,101,116)(H,102,119)(H,103,120)(H,104,117)(H,105,112)(H,106,113)(H,107,114)/t56-,57-,58-,59-,60-,77-,78-,79-/m0/s1. The Labute approximate surface area is 762 Å². The largest absolute Gasteiger partial charge is 0.448 e. The van der Waals surface area contributed by atoms with Crippen molar-refractivity contribution in [2.45, 2.75) is 242 Å². The van der Waals surface area contributed by atoms with E-state index in [-0.39, 0.29) is 36.2 Å². The number of nitrogens with zero attached hydrogens (tertiary/aromatic N) is 3. The van der Waals surface area contributed by atoms with Crippen LogP contribution in [-0.4, -0.2) is 205 Å². The Morgan fingerprint density at radius 3 is 1.23 bits per heavy atom. The molecule has 30 nitrogen and oxygen atoms in total. The highest BCUT2D eigenvalue weighted by Crippen LogP contribution is 2.64. The van der Waals surface area contributed by atoms with Crippen molar-refractivity contribution >= 4 is 129 Å². The molecule has 34 heteroatoms. The predicted molar refractivity (Wildman–Crippen MR) is 499 cm³/mol. The SMILES string of the molecule is CC(=O)N[C@@H](C)C(=O)NC(C)(C)C(=O)N[C@@H](C)C(=O)N(C(=O)OCC1c2ccccc2-c2ccccc21)[C@@H](CP(=S)(C1CCCCC1)C1CCCCC1)C(=O)N[C@@H](Cc1c[nH]cn1)C(=O)N[C@@H](C)C(=O)NC(C)(C)C(=O)N(C(=O)OCC1c2ccccc2-c2ccccc21)[C@@H](CP(=S)(c1ccccc1)c1ccccc1)C(=O)N[C@@H](C)C(=O)NC(C)(C)C(=O)N[C@@H](C)C(N)=O. The van der Waals surface area contributed by atoms with Gasteiger partial charge in [0, 0.05) is 49.7 Å². The summed E-state index contributed by atoms with van der Waals surface area (Å²) < 4.78 is 12.7. The third-order valence-corrected chi connectivity index (χ3v) is 36.3. The van der Waals surface area contributed by atoms with Gasteiger partial charge in [0.25, 0.3) is 11.8 Å². The summed E-state index contributed by atoms with van der Waals surface area (Å²) in [4.78, 5) is 217. The fourth-order valence-electron chi connectivity index (χ4n) is 17.5. The van der Waals surface area contributed by atoms with E-state index >= 15 is 38.4 Å². The average molecular weight is 1840 g/mol. The molecule has 0 saturated heterocycles. The number of primary amides is 1. The van der Waals surface area contributed by atoms with Gasteiger partial charge in [-0.15, -0.1) is 0 Å². The summed E-state index contributed by atoms with van der Waals surface area (Å²) in [5.41, 5.74) is 6.48. The van der Waals surface area contributed by atoms with E-state index < -0.39 is 185 Å². The van der Waals surface area contributed by atoms with E-state index in [9.17, 15) is 28.8 Å². The van der Waals surface area contributed by atoms with Crippen molar-refractivity contribution in [1.29, 1.82) is 0 Å². The molecule has 12 N–H and O–H groups in total. The summed E-state index contributed by atoms with van der Waals surface area (Å²) in [6.07, 6.45) is 7.18. The first-order valence-electron chi connectivity index (χ1n) is 43.8. The monoisotopic (exact) mass is 1840 g/mol. The van der Waals surface area contributed by atoms with Gasteiger partial charge in [0.05, 0.1) is 12.0 Å². The van der Waals surface area contributed by atoms with E-state index in [4.69, 9.17) is 38.8 Å². The number of fused-ring (bicyclic) bond motifs is 6. The number of aromatic nitrogens is 2. The van der Waals surface area contributed by atoms with Crippen LogP contribution in [0.4, 0.5) is 9.59 Å². The number of nitrogens with one attached hydrogen (secondary N) is 10. The van der Waals surface area contributed by atoms with E-state index in [1.54, 1.807) is 60.7 Å². The molecule has 11 rings (SSSR count). The maximum atomic E-state index is 16.6. The minimum atomic E-state index is -3.45. The van der Waals surface area contributed by atoms with Gasteiger partial charge < -0.3 is 68.0 Å². The topological polar surface area (TPSA) is 427 Å². The zero-order chi connectivity index (χ0) is 93.6. The Bertz CT molecular complexity index is 5300. The van der Waals surface area contributed by atoms with Crippen molar-refractivity contribution in [3.05, 3.63) is 198 Å². The van der Waals surface area contributed by atoms with Crippen molar-refractivity contribution in [3.63, 3.8) is 0 Å². The average Bonchev–Trinajstić information content (AvgIpc) is 1.65. The molecule has 129 heavy (non-hydrogen) atoms. The van der Waals surface area contributed by atoms with Crippen LogP contribution in [0.3, 0.4) is 0 Å². The molecule has 0 bridgehead atoms. The normalized spacial score (nSPS) is 16.1. The van der Waals surface area contributed by atoms with Crippen LogP contribution in [0.1, 0.15) is 187 Å². The molecular formula is C95H118N14O16P2S2. The number of rotatable bonds is 36. The van der Waals surface area contributed by atoms with E-state index in [1.807, 2.05) is 97.1 Å². The molecule has 0 unspecified atom stereocenters. The summed E-state index contributed by atoms with van der Waals surface area (Å²) in [5, 5.41) is 25.0. The van der Waals surface area contributed by atoms with Gasteiger partial charge in [0.1, 0.15) is 78.2 Å². The van der Waals surface area contributed by atoms with Crippen LogP contribution >= 0.6 is 12.1 Å². The number of hydrogen-bond donors (Lipinski definition) is 11. The lowest BCUT2D eigenvalue weighted by atomic mass is 9.98. The number of carbonyl (C=O) groups is 14. The third-order valence-electron chi connectivity index (χ3n) is 24.8. The molecule has 14 amide bonds. The van der Waals surface area contributed by atoms with E-state index in [1.165, 1.54) is 95.6 Å². The van der Waals surface area contributed by atoms with E-state index in [0.717, 1.165) is 83.0 Å². The number of imidazole rings is 1. The zero-order valence-corrected chi connectivity index (χ0v) is 78.3. The molecule has 0 radical (unpaired) electrons. The Kier molecular flexibility index (Phi) is 32.2. The van der Waals surface area contributed by atoms with Gasteiger partial charge in [-0.3, -0.25) is 57.5 Å². The molecule has 6 aromatic carbocycles. The number of amides is 14. The molecule has 2 fully saturated rings. The fraction of sp³-hybridized carbons (Fsp3) is 0.442. The Morgan fingerprint density at radius 1 is 0.450 bits per heavy atom. The van der Waals surface area contributed by atoms with Crippen molar-refractivity contribution in [1.82, 2.24) is 67.6 Å². The molecule has 2 saturated carbocycles. The second-order valence-corrected chi connectivity index (χ2v) is 45.9. The summed E-state index contributed by atoms with van der Waals surface area (Å²) in [6.45, 7) is 15.2. The Balaban J connectivity index is 0.951. The smallest absolute Gasteiger partial charge is 0.417 e. The number of nitrogens with two attached hydrogens (primary N) is 1. The lowest BCUT2D eigenvalue weighted by molar-refractivity contribution is -0.145. The molecule has 8 atom stereocenters. The highest BCUT2D eigenvalue weighted by Gasteiger charge is 2.51. The number of H-pyrrole nitrogens is 1. The predicted octanol–water partition coefficient (Wildman–Crippen LogP) is 8.72. The number of carbonyl (C=O) groups excluding carboxylic acids is 14. The molecule has 4 aliphatic carbocycles. The first-order valence-corrected chi connectivity index (χ1v) is 50.0. The van der Waals surface area contributed by atoms with Crippen molar-refractivity contribution in [3.8, 4) is 22.3 Å². The van der Waals surface area contributed by atoms with Gasteiger partial charge in [-0.2, -0.15) is 0 Å². The van der Waals surface area contributed by atoms with Crippen LogP contribution in [-0.2, 0) is 97.0 Å². The fourth-order valence-corrected chi connectivity index (χ4v) is 27.7. The van der Waals surface area contributed by atoms with Crippen LogP contribution in [0.25, 0.3) is 22.3 Å². The molecular weight excluding hydrogens is 1720 g/mol. The lowest BCUT2D eigenvalue weighted by Gasteiger charge is -2.44. The molecule has 1 heterocycles. The second-order valence-electron chi connectivity index (χ2n) is 35.6. The summed E-state index contributed by atoms with van der Waals surface area (Å²) in [6, 6.07) is 28.8. The van der Waals surface area contributed by atoms with Gasteiger partial charge >= 0.3 is 12.2 Å². The van der Waals surface area contributed by atoms with Crippen LogP contribution in [0.2, 0.25) is 0 Å². The van der Waals surface area contributed by atoms with E-state index in [0.29, 0.717) is 46.1 Å². The maximum Gasteiger partial charge on any atom is 0.417 e. The van der Waals surface area contributed by atoms with Gasteiger partial charge in [0.2, 0.25) is 59.1 Å². The van der Waals surface area contributed by atoms with E-state index in [2.05, 4.69) is 57.8 Å². The molecule has 1 aromatic heterocycles. The summed E-state index contributed by atoms with van der Waals surface area (Å²) in [5.74, 6) is -12.4. The molecule has 0 spiro atoms. The first kappa shape index (κ1) is 98.0.